The maximum Gasteiger partial charge on any atom is 0.195 e. The molecule has 0 aliphatic carbocycles. The molecule has 0 aromatic carbocycles. The Kier molecular flexibility index (Phi) is 5.68. The highest BCUT2D eigenvalue weighted by molar-refractivity contribution is 5.79. The molecule has 0 spiro atoms. The third-order valence-corrected chi connectivity index (χ3v) is 2.78. The lowest BCUT2D eigenvalue weighted by Gasteiger charge is -2.22. The van der Waals surface area contributed by atoms with Gasteiger partial charge in [0, 0.05) is 53.7 Å². The standard InChI is InChI=1S/C13H25N5/c1-12-14-9-11-18(12)10-7-6-8-15-13(16(2)3)17(4)5/h9,11H,6-8,10H2,1-5H3. The molecule has 0 aliphatic heterocycles. The third kappa shape index (κ3) is 4.39. The normalized spacial score (nSPS) is 10.3. The molecular formula is C13H25N5. The fourth-order valence-electron chi connectivity index (χ4n) is 1.90. The molecular weight excluding hydrogens is 226 g/mol. The molecule has 1 aromatic heterocycles. The molecule has 0 atom stereocenters. The first-order valence-corrected chi connectivity index (χ1v) is 6.39. The van der Waals surface area contributed by atoms with Crippen molar-refractivity contribution < 1.29 is 0 Å². The predicted octanol–water partition coefficient (Wildman–Crippen LogP) is 1.45. The summed E-state index contributed by atoms with van der Waals surface area (Å²) in [5.74, 6) is 2.11. The second kappa shape index (κ2) is 7.03. The Morgan fingerprint density at radius 1 is 1.22 bits per heavy atom. The van der Waals surface area contributed by atoms with E-state index in [0.717, 1.165) is 37.7 Å². The molecule has 0 radical (unpaired) electrons. The average molecular weight is 251 g/mol. The van der Waals surface area contributed by atoms with Gasteiger partial charge in [0.2, 0.25) is 0 Å². The highest BCUT2D eigenvalue weighted by Gasteiger charge is 2.03. The zero-order valence-electron chi connectivity index (χ0n) is 12.2. The Balaban J connectivity index is 2.29. The summed E-state index contributed by atoms with van der Waals surface area (Å²) < 4.78 is 2.18. The summed E-state index contributed by atoms with van der Waals surface area (Å²) in [6.45, 7) is 3.94. The maximum atomic E-state index is 4.61. The summed E-state index contributed by atoms with van der Waals surface area (Å²) in [6.07, 6.45) is 6.12. The summed E-state index contributed by atoms with van der Waals surface area (Å²) in [4.78, 5) is 12.9. The van der Waals surface area contributed by atoms with Crippen LogP contribution in [-0.2, 0) is 6.54 Å². The minimum absolute atomic E-state index is 0.874. The summed E-state index contributed by atoms with van der Waals surface area (Å²) >= 11 is 0. The molecule has 1 rings (SSSR count). The molecule has 1 aromatic rings. The van der Waals surface area contributed by atoms with Gasteiger partial charge in [-0.3, -0.25) is 4.99 Å². The van der Waals surface area contributed by atoms with E-state index in [9.17, 15) is 0 Å². The Hall–Kier alpha value is -1.52. The fraction of sp³-hybridized carbons (Fsp3) is 0.692. The SMILES string of the molecule is Cc1nccn1CCCCN=C(N(C)C)N(C)C. The van der Waals surface area contributed by atoms with Crippen LogP contribution in [0.3, 0.4) is 0 Å². The maximum absolute atomic E-state index is 4.61. The number of rotatable bonds is 5. The van der Waals surface area contributed by atoms with Crippen molar-refractivity contribution >= 4 is 5.96 Å². The van der Waals surface area contributed by atoms with E-state index >= 15 is 0 Å². The van der Waals surface area contributed by atoms with Gasteiger partial charge in [0.05, 0.1) is 0 Å². The van der Waals surface area contributed by atoms with Gasteiger partial charge in [0.25, 0.3) is 0 Å². The van der Waals surface area contributed by atoms with Gasteiger partial charge in [-0.25, -0.2) is 4.98 Å². The third-order valence-electron chi connectivity index (χ3n) is 2.78. The number of aromatic nitrogens is 2. The lowest BCUT2D eigenvalue weighted by atomic mass is 10.3. The number of unbranched alkanes of at least 4 members (excludes halogenated alkanes) is 1. The Bertz CT molecular complexity index is 368. The van der Waals surface area contributed by atoms with Crippen LogP contribution in [0.2, 0.25) is 0 Å². The van der Waals surface area contributed by atoms with E-state index in [-0.39, 0.29) is 0 Å². The van der Waals surface area contributed by atoms with E-state index in [1.54, 1.807) is 0 Å². The highest BCUT2D eigenvalue weighted by atomic mass is 15.3. The zero-order chi connectivity index (χ0) is 13.5. The van der Waals surface area contributed by atoms with Gasteiger partial charge in [0.15, 0.2) is 5.96 Å². The summed E-state index contributed by atoms with van der Waals surface area (Å²) in [5.41, 5.74) is 0. The van der Waals surface area contributed by atoms with Crippen LogP contribution in [0, 0.1) is 6.92 Å². The zero-order valence-corrected chi connectivity index (χ0v) is 12.2. The molecule has 0 fully saturated rings. The van der Waals surface area contributed by atoms with Crippen molar-refractivity contribution in [1.29, 1.82) is 0 Å². The number of guanidine groups is 1. The number of hydrogen-bond donors (Lipinski definition) is 0. The van der Waals surface area contributed by atoms with Gasteiger partial charge in [-0.15, -0.1) is 0 Å². The molecule has 102 valence electrons. The molecule has 0 amide bonds. The number of nitrogens with zero attached hydrogens (tertiary/aromatic N) is 5. The second-order valence-corrected chi connectivity index (χ2v) is 4.85. The Morgan fingerprint density at radius 3 is 2.39 bits per heavy atom. The van der Waals surface area contributed by atoms with Crippen LogP contribution in [0.25, 0.3) is 0 Å². The van der Waals surface area contributed by atoms with Crippen LogP contribution in [0.5, 0.6) is 0 Å². The van der Waals surface area contributed by atoms with Crippen LogP contribution < -0.4 is 0 Å². The fourth-order valence-corrected chi connectivity index (χ4v) is 1.90. The van der Waals surface area contributed by atoms with Crippen molar-refractivity contribution in [2.45, 2.75) is 26.3 Å². The first kappa shape index (κ1) is 14.5. The van der Waals surface area contributed by atoms with Crippen LogP contribution >= 0.6 is 0 Å². The molecule has 0 bridgehead atoms. The number of imidazole rings is 1. The minimum Gasteiger partial charge on any atom is -0.349 e. The smallest absolute Gasteiger partial charge is 0.195 e. The molecule has 0 unspecified atom stereocenters. The van der Waals surface area contributed by atoms with Gasteiger partial charge < -0.3 is 14.4 Å². The minimum atomic E-state index is 0.874. The van der Waals surface area contributed by atoms with Crippen LogP contribution in [0.1, 0.15) is 18.7 Å². The van der Waals surface area contributed by atoms with Crippen molar-refractivity contribution in [3.05, 3.63) is 18.2 Å². The Morgan fingerprint density at radius 2 is 1.89 bits per heavy atom. The van der Waals surface area contributed by atoms with E-state index in [1.165, 1.54) is 0 Å². The van der Waals surface area contributed by atoms with Gasteiger partial charge in [-0.2, -0.15) is 0 Å². The molecule has 0 aliphatic rings. The quantitative estimate of drug-likeness (QED) is 0.451. The van der Waals surface area contributed by atoms with Gasteiger partial charge in [0.1, 0.15) is 5.82 Å². The van der Waals surface area contributed by atoms with Gasteiger partial charge >= 0.3 is 0 Å². The Labute approximate surface area is 110 Å². The molecule has 0 N–H and O–H groups in total. The molecule has 5 heteroatoms. The van der Waals surface area contributed by atoms with Crippen molar-refractivity contribution in [3.63, 3.8) is 0 Å². The van der Waals surface area contributed by atoms with Crippen molar-refractivity contribution in [2.75, 3.05) is 34.7 Å². The van der Waals surface area contributed by atoms with Crippen LogP contribution in [0.15, 0.2) is 17.4 Å². The van der Waals surface area contributed by atoms with E-state index in [4.69, 9.17) is 0 Å². The van der Waals surface area contributed by atoms with E-state index in [1.807, 2.05) is 57.3 Å². The van der Waals surface area contributed by atoms with Crippen molar-refractivity contribution in [2.24, 2.45) is 4.99 Å². The topological polar surface area (TPSA) is 36.7 Å². The predicted molar refractivity (Wildman–Crippen MR) is 75.9 cm³/mol. The van der Waals surface area contributed by atoms with Gasteiger partial charge in [-0.1, -0.05) is 0 Å². The number of aryl methyl sites for hydroxylation is 2. The summed E-state index contributed by atoms with van der Waals surface area (Å²) in [6, 6.07) is 0. The molecule has 0 saturated carbocycles. The molecule has 1 heterocycles. The first-order valence-electron chi connectivity index (χ1n) is 6.39. The monoisotopic (exact) mass is 251 g/mol. The molecule has 0 saturated heterocycles. The van der Waals surface area contributed by atoms with Crippen molar-refractivity contribution in [3.8, 4) is 0 Å². The summed E-state index contributed by atoms with van der Waals surface area (Å²) in [5, 5.41) is 0. The number of aliphatic imine (C=N–C) groups is 1. The highest BCUT2D eigenvalue weighted by Crippen LogP contribution is 2.00. The van der Waals surface area contributed by atoms with Gasteiger partial charge in [-0.05, 0) is 19.8 Å². The van der Waals surface area contributed by atoms with Crippen LogP contribution in [0.4, 0.5) is 0 Å². The van der Waals surface area contributed by atoms with E-state index < -0.39 is 0 Å². The largest absolute Gasteiger partial charge is 0.349 e. The van der Waals surface area contributed by atoms with E-state index in [0.29, 0.717) is 0 Å². The first-order chi connectivity index (χ1) is 8.52. The number of hydrogen-bond acceptors (Lipinski definition) is 2. The lowest BCUT2D eigenvalue weighted by Crippen LogP contribution is -2.35. The van der Waals surface area contributed by atoms with Crippen molar-refractivity contribution in [1.82, 2.24) is 19.4 Å². The average Bonchev–Trinajstić information content (AvgIpc) is 2.68. The summed E-state index contributed by atoms with van der Waals surface area (Å²) in [7, 11) is 8.09. The molecule has 18 heavy (non-hydrogen) atoms. The second-order valence-electron chi connectivity index (χ2n) is 4.85. The molecule has 5 nitrogen and oxygen atoms in total. The van der Waals surface area contributed by atoms with E-state index in [2.05, 4.69) is 14.5 Å². The van der Waals surface area contributed by atoms with Crippen LogP contribution in [-0.4, -0.2) is 60.0 Å². The lowest BCUT2D eigenvalue weighted by molar-refractivity contribution is 0.477.